The van der Waals surface area contributed by atoms with Crippen LogP contribution in [0.5, 0.6) is 11.6 Å². The van der Waals surface area contributed by atoms with Gasteiger partial charge in [0, 0.05) is 37.5 Å². The van der Waals surface area contributed by atoms with E-state index in [0.29, 0.717) is 11.4 Å². The summed E-state index contributed by atoms with van der Waals surface area (Å²) in [5.74, 6) is -1.15. The number of halogens is 3. The molecule has 0 radical (unpaired) electrons. The highest BCUT2D eigenvalue weighted by molar-refractivity contribution is 9.10. The molecule has 11 heteroatoms. The molecule has 0 bridgehead atoms. The minimum absolute atomic E-state index is 0.0365. The molecule has 1 aromatic carbocycles. The Morgan fingerprint density at radius 2 is 1.94 bits per heavy atom. The molecular weight excluding hydrogens is 490 g/mol. The molecule has 1 amide bonds. The number of pyridine rings is 1. The predicted molar refractivity (Wildman–Crippen MR) is 115 cm³/mol. The van der Waals surface area contributed by atoms with Crippen molar-refractivity contribution in [3.63, 3.8) is 0 Å². The normalized spacial score (nSPS) is 10.7. The van der Waals surface area contributed by atoms with Gasteiger partial charge in [-0.25, -0.2) is 18.6 Å². The summed E-state index contributed by atoms with van der Waals surface area (Å²) in [6, 6.07) is 4.80. The summed E-state index contributed by atoms with van der Waals surface area (Å²) in [5, 5.41) is 0. The summed E-state index contributed by atoms with van der Waals surface area (Å²) in [7, 11) is 3.08. The maximum absolute atomic E-state index is 13.8. The third kappa shape index (κ3) is 5.47. The lowest BCUT2D eigenvalue weighted by atomic mass is 10.2. The average Bonchev–Trinajstić information content (AvgIpc) is 2.75. The summed E-state index contributed by atoms with van der Waals surface area (Å²) < 4.78 is 39.1. The predicted octanol–water partition coefficient (Wildman–Crippen LogP) is 3.68. The fraction of sp³-hybridized carbons (Fsp3) is 0.238. The van der Waals surface area contributed by atoms with Crippen LogP contribution in [0.15, 0.2) is 45.9 Å². The second-order valence-electron chi connectivity index (χ2n) is 6.99. The van der Waals surface area contributed by atoms with Gasteiger partial charge in [-0.15, -0.1) is 0 Å². The van der Waals surface area contributed by atoms with E-state index >= 15 is 0 Å². The van der Waals surface area contributed by atoms with Crippen LogP contribution in [0.4, 0.5) is 13.6 Å². The number of carbonyl (C=O) groups excluding carboxylic acids is 1. The molecule has 32 heavy (non-hydrogen) atoms. The number of amides is 1. The Kier molecular flexibility index (Phi) is 7.18. The molecule has 0 saturated carbocycles. The lowest BCUT2D eigenvalue weighted by Gasteiger charge is -2.15. The lowest BCUT2D eigenvalue weighted by Crippen LogP contribution is -2.26. The molecule has 0 saturated heterocycles. The SMILES string of the molecule is Cc1cc(OCc2ccc(F)cc2F)c(Br)c(=O)n1Cc1cnc(OC(=O)N(C)C)cn1. The third-order valence-corrected chi connectivity index (χ3v) is 5.10. The molecule has 0 aliphatic rings. The Balaban J connectivity index is 1.75. The van der Waals surface area contributed by atoms with Crippen molar-refractivity contribution in [3.05, 3.63) is 80.1 Å². The topological polar surface area (TPSA) is 86.6 Å². The second kappa shape index (κ2) is 9.86. The van der Waals surface area contributed by atoms with E-state index < -0.39 is 17.7 Å². The first-order chi connectivity index (χ1) is 15.2. The van der Waals surface area contributed by atoms with E-state index in [-0.39, 0.29) is 40.4 Å². The van der Waals surface area contributed by atoms with Crippen LogP contribution in [-0.2, 0) is 13.2 Å². The number of benzene rings is 1. The highest BCUT2D eigenvalue weighted by Crippen LogP contribution is 2.24. The first kappa shape index (κ1) is 23.3. The van der Waals surface area contributed by atoms with Gasteiger partial charge in [-0.05, 0) is 35.0 Å². The van der Waals surface area contributed by atoms with Crippen molar-refractivity contribution < 1.29 is 23.0 Å². The van der Waals surface area contributed by atoms with Gasteiger partial charge in [-0.2, -0.15) is 0 Å². The van der Waals surface area contributed by atoms with Crippen LogP contribution in [0.3, 0.4) is 0 Å². The lowest BCUT2D eigenvalue weighted by molar-refractivity contribution is 0.169. The zero-order valence-corrected chi connectivity index (χ0v) is 19.0. The van der Waals surface area contributed by atoms with Crippen molar-refractivity contribution in [2.24, 2.45) is 0 Å². The van der Waals surface area contributed by atoms with Crippen molar-refractivity contribution in [3.8, 4) is 11.6 Å². The van der Waals surface area contributed by atoms with Crippen molar-refractivity contribution in [1.82, 2.24) is 19.4 Å². The quantitative estimate of drug-likeness (QED) is 0.504. The molecule has 0 spiro atoms. The number of aryl methyl sites for hydroxylation is 1. The fourth-order valence-corrected chi connectivity index (χ4v) is 3.07. The molecule has 0 unspecified atom stereocenters. The van der Waals surface area contributed by atoms with Crippen LogP contribution < -0.4 is 15.0 Å². The van der Waals surface area contributed by atoms with Crippen LogP contribution in [0.25, 0.3) is 0 Å². The van der Waals surface area contributed by atoms with E-state index in [1.807, 2.05) is 0 Å². The van der Waals surface area contributed by atoms with Crippen molar-refractivity contribution >= 4 is 22.0 Å². The molecule has 0 atom stereocenters. The van der Waals surface area contributed by atoms with Crippen LogP contribution in [0, 0.1) is 18.6 Å². The van der Waals surface area contributed by atoms with Gasteiger partial charge in [-0.3, -0.25) is 9.78 Å². The minimum Gasteiger partial charge on any atom is -0.487 e. The molecule has 2 aromatic heterocycles. The fourth-order valence-electron chi connectivity index (χ4n) is 2.63. The number of ether oxygens (including phenoxy) is 2. The largest absolute Gasteiger partial charge is 0.487 e. The van der Waals surface area contributed by atoms with Crippen molar-refractivity contribution in [1.29, 1.82) is 0 Å². The van der Waals surface area contributed by atoms with E-state index in [9.17, 15) is 18.4 Å². The standard InChI is InChI=1S/C21H19BrF2N4O4/c1-12-6-17(31-11-13-4-5-14(23)7-16(13)24)19(22)20(29)28(12)10-15-8-26-18(9-25-15)32-21(30)27(2)3/h4-9H,10-11H2,1-3H3. The van der Waals surface area contributed by atoms with E-state index in [4.69, 9.17) is 9.47 Å². The summed E-state index contributed by atoms with van der Waals surface area (Å²) in [6.45, 7) is 1.65. The maximum atomic E-state index is 13.8. The van der Waals surface area contributed by atoms with Crippen LogP contribution in [0.1, 0.15) is 17.0 Å². The molecule has 3 rings (SSSR count). The Hall–Kier alpha value is -3.34. The van der Waals surface area contributed by atoms with Crippen LogP contribution >= 0.6 is 15.9 Å². The summed E-state index contributed by atoms with van der Waals surface area (Å²) in [5.41, 5.74) is 0.807. The van der Waals surface area contributed by atoms with Crippen molar-refractivity contribution in [2.75, 3.05) is 14.1 Å². The number of hydrogen-bond donors (Lipinski definition) is 0. The van der Waals surface area contributed by atoms with E-state index in [2.05, 4.69) is 25.9 Å². The molecule has 0 aliphatic heterocycles. The molecule has 0 aliphatic carbocycles. The highest BCUT2D eigenvalue weighted by atomic mass is 79.9. The van der Waals surface area contributed by atoms with E-state index in [1.54, 1.807) is 27.1 Å². The van der Waals surface area contributed by atoms with Crippen LogP contribution in [0.2, 0.25) is 0 Å². The molecule has 0 fully saturated rings. The average molecular weight is 509 g/mol. The van der Waals surface area contributed by atoms with Gasteiger partial charge >= 0.3 is 6.09 Å². The summed E-state index contributed by atoms with van der Waals surface area (Å²) in [6.07, 6.45) is 2.11. The molecular formula is C21H19BrF2N4O4. The van der Waals surface area contributed by atoms with Gasteiger partial charge in [-0.1, -0.05) is 0 Å². The second-order valence-corrected chi connectivity index (χ2v) is 7.78. The highest BCUT2D eigenvalue weighted by Gasteiger charge is 2.15. The molecule has 168 valence electrons. The zero-order valence-electron chi connectivity index (χ0n) is 17.4. The van der Waals surface area contributed by atoms with Gasteiger partial charge in [0.15, 0.2) is 0 Å². The first-order valence-electron chi connectivity index (χ1n) is 9.32. The summed E-state index contributed by atoms with van der Waals surface area (Å²) in [4.78, 5) is 33.8. The Morgan fingerprint density at radius 3 is 2.56 bits per heavy atom. The summed E-state index contributed by atoms with van der Waals surface area (Å²) >= 11 is 3.22. The molecule has 3 aromatic rings. The Labute approximate surface area is 190 Å². The maximum Gasteiger partial charge on any atom is 0.416 e. The number of nitrogens with zero attached hydrogens (tertiary/aromatic N) is 4. The molecule has 2 heterocycles. The third-order valence-electron chi connectivity index (χ3n) is 4.37. The Bertz CT molecular complexity index is 1200. The van der Waals surface area contributed by atoms with E-state index in [0.717, 1.165) is 12.1 Å². The van der Waals surface area contributed by atoms with Crippen LogP contribution in [-0.4, -0.2) is 39.6 Å². The van der Waals surface area contributed by atoms with Crippen molar-refractivity contribution in [2.45, 2.75) is 20.1 Å². The minimum atomic E-state index is -0.732. The van der Waals surface area contributed by atoms with E-state index in [1.165, 1.54) is 27.9 Å². The van der Waals surface area contributed by atoms with Gasteiger partial charge in [0.2, 0.25) is 5.88 Å². The number of rotatable bonds is 6. The first-order valence-corrected chi connectivity index (χ1v) is 10.1. The molecule has 8 nitrogen and oxygen atoms in total. The number of carbonyl (C=O) groups is 1. The molecule has 0 N–H and O–H groups in total. The number of aromatic nitrogens is 3. The van der Waals surface area contributed by atoms with Gasteiger partial charge in [0.05, 0.1) is 24.6 Å². The monoisotopic (exact) mass is 508 g/mol. The van der Waals surface area contributed by atoms with Gasteiger partial charge in [0.1, 0.15) is 28.5 Å². The van der Waals surface area contributed by atoms with Gasteiger partial charge in [0.25, 0.3) is 5.56 Å². The van der Waals surface area contributed by atoms with Gasteiger partial charge < -0.3 is 18.9 Å². The smallest absolute Gasteiger partial charge is 0.416 e. The Morgan fingerprint density at radius 1 is 1.19 bits per heavy atom. The number of hydrogen-bond acceptors (Lipinski definition) is 6. The zero-order chi connectivity index (χ0) is 23.4.